The summed E-state index contributed by atoms with van der Waals surface area (Å²) in [6.45, 7) is 0. The van der Waals surface area contributed by atoms with Gasteiger partial charge >= 0.3 is 0 Å². The number of benzene rings is 2. The third-order valence-electron chi connectivity index (χ3n) is 6.71. The lowest BCUT2D eigenvalue weighted by Gasteiger charge is -2.66. The summed E-state index contributed by atoms with van der Waals surface area (Å²) in [4.78, 5) is 0. The van der Waals surface area contributed by atoms with Crippen molar-refractivity contribution in [1.29, 1.82) is 0 Å². The molecule has 2 heteroatoms. The summed E-state index contributed by atoms with van der Waals surface area (Å²) in [5.41, 5.74) is 2.23. The van der Waals surface area contributed by atoms with Crippen LogP contribution >= 0.6 is 0 Å². The van der Waals surface area contributed by atoms with E-state index in [0.717, 1.165) is 0 Å². The zero-order valence-electron chi connectivity index (χ0n) is 13.3. The molecule has 1 fully saturated rings. The van der Waals surface area contributed by atoms with Gasteiger partial charge in [0.1, 0.15) is 11.1 Å². The molecule has 116 valence electrons. The van der Waals surface area contributed by atoms with Gasteiger partial charge in [-0.15, -0.1) is 0 Å². The first-order chi connectivity index (χ1) is 11.9. The second-order valence-electron chi connectivity index (χ2n) is 7.46. The first-order valence-electron chi connectivity index (χ1n) is 8.79. The van der Waals surface area contributed by atoms with Crippen LogP contribution in [0.5, 0.6) is 0 Å². The molecule has 7 rings (SSSR count). The fourth-order valence-electron chi connectivity index (χ4n) is 5.52. The Morgan fingerprint density at radius 3 is 1.12 bits per heavy atom. The van der Waals surface area contributed by atoms with Crippen molar-refractivity contribution in [1.82, 2.24) is 0 Å². The molecule has 2 nitrogen and oxygen atoms in total. The molecule has 24 heavy (non-hydrogen) atoms. The molecule has 0 spiro atoms. The minimum Gasteiger partial charge on any atom is -0.180 e. The lowest BCUT2D eigenvalue weighted by atomic mass is 9.41. The van der Waals surface area contributed by atoms with Crippen molar-refractivity contribution < 1.29 is 0 Å². The van der Waals surface area contributed by atoms with E-state index in [9.17, 15) is 0 Å². The summed E-state index contributed by atoms with van der Waals surface area (Å²) in [7, 11) is 0. The van der Waals surface area contributed by atoms with Crippen molar-refractivity contribution in [3.63, 3.8) is 0 Å². The molecule has 2 aromatic rings. The van der Waals surface area contributed by atoms with Crippen LogP contribution in [0.25, 0.3) is 0 Å². The predicted molar refractivity (Wildman–Crippen MR) is 93.3 cm³/mol. The third-order valence-corrected chi connectivity index (χ3v) is 6.71. The van der Waals surface area contributed by atoms with Gasteiger partial charge in [0.25, 0.3) is 0 Å². The average molecular weight is 310 g/mol. The molecule has 0 saturated heterocycles. The number of hydrogen-bond acceptors (Lipinski definition) is 2. The molecule has 2 unspecified atom stereocenters. The van der Waals surface area contributed by atoms with E-state index in [4.69, 9.17) is 10.2 Å². The van der Waals surface area contributed by atoms with E-state index < -0.39 is 0 Å². The average Bonchev–Trinajstić information content (AvgIpc) is 2.57. The molecule has 2 aliphatic heterocycles. The predicted octanol–water partition coefficient (Wildman–Crippen LogP) is 4.86. The van der Waals surface area contributed by atoms with E-state index in [1.54, 1.807) is 0 Å². The first kappa shape index (κ1) is 12.9. The number of nitrogens with zero attached hydrogens (tertiary/aromatic N) is 2. The smallest absolute Gasteiger partial charge is 0.120 e. The Bertz CT molecular complexity index is 795. The highest BCUT2D eigenvalue weighted by Gasteiger charge is 2.71. The van der Waals surface area contributed by atoms with Gasteiger partial charge in [0.05, 0.1) is 0 Å². The molecule has 5 aliphatic rings. The lowest BCUT2D eigenvalue weighted by Crippen LogP contribution is -2.67. The van der Waals surface area contributed by atoms with Gasteiger partial charge in [-0.25, -0.2) is 0 Å². The molecule has 3 aliphatic carbocycles. The molecule has 2 heterocycles. The van der Waals surface area contributed by atoms with Gasteiger partial charge in [-0.05, 0) is 11.1 Å². The summed E-state index contributed by atoms with van der Waals surface area (Å²) < 4.78 is 0. The normalized spacial score (nSPS) is 42.8. The Morgan fingerprint density at radius 1 is 0.500 bits per heavy atom. The number of hydrogen-bond donors (Lipinski definition) is 0. The van der Waals surface area contributed by atoms with Crippen LogP contribution in [-0.4, -0.2) is 0 Å². The molecule has 0 amide bonds. The maximum absolute atomic E-state index is 5.04. The van der Waals surface area contributed by atoms with Crippen LogP contribution in [0.4, 0.5) is 0 Å². The van der Waals surface area contributed by atoms with Gasteiger partial charge in [0.15, 0.2) is 0 Å². The van der Waals surface area contributed by atoms with Gasteiger partial charge in [-0.1, -0.05) is 85.0 Å². The summed E-state index contributed by atoms with van der Waals surface area (Å²) in [5, 5.41) is 10.1. The molecule has 0 aromatic heterocycles. The van der Waals surface area contributed by atoms with E-state index in [1.807, 2.05) is 0 Å². The third kappa shape index (κ3) is 1.21. The molecular weight excluding hydrogens is 292 g/mol. The van der Waals surface area contributed by atoms with Gasteiger partial charge in [-0.2, -0.15) is 10.2 Å². The Balaban J connectivity index is 1.63. The van der Waals surface area contributed by atoms with Gasteiger partial charge < -0.3 is 0 Å². The van der Waals surface area contributed by atoms with Crippen LogP contribution in [0.3, 0.4) is 0 Å². The fourth-order valence-corrected chi connectivity index (χ4v) is 5.52. The molecule has 2 aromatic carbocycles. The summed E-state index contributed by atoms with van der Waals surface area (Å²) >= 11 is 0. The molecule has 1 saturated carbocycles. The van der Waals surface area contributed by atoms with Crippen LogP contribution in [0.1, 0.15) is 11.1 Å². The zero-order valence-corrected chi connectivity index (χ0v) is 13.3. The minimum absolute atomic E-state index is 0.198. The minimum atomic E-state index is -0.198. The van der Waals surface area contributed by atoms with E-state index in [0.29, 0.717) is 23.7 Å². The van der Waals surface area contributed by atoms with E-state index >= 15 is 0 Å². The lowest BCUT2D eigenvalue weighted by molar-refractivity contribution is -0.0555. The maximum atomic E-state index is 5.04. The SMILES string of the molecule is C1=C[C@H]2[C@@H]1C1(c3ccccc3)N=NC2(c2ccccc2)[C@H]2C=C[C@@H]21. The van der Waals surface area contributed by atoms with Crippen LogP contribution in [0, 0.1) is 23.7 Å². The van der Waals surface area contributed by atoms with E-state index in [1.165, 1.54) is 11.1 Å². The van der Waals surface area contributed by atoms with Crippen molar-refractivity contribution >= 4 is 0 Å². The molecule has 0 N–H and O–H groups in total. The molecular formula is C22H18N2. The van der Waals surface area contributed by atoms with Crippen molar-refractivity contribution in [2.45, 2.75) is 11.1 Å². The monoisotopic (exact) mass is 310 g/mol. The summed E-state index contributed by atoms with van der Waals surface area (Å²) in [6.07, 6.45) is 9.48. The van der Waals surface area contributed by atoms with Crippen LogP contribution in [0.15, 0.2) is 95.2 Å². The van der Waals surface area contributed by atoms with Crippen LogP contribution in [0.2, 0.25) is 0 Å². The highest BCUT2D eigenvalue weighted by atomic mass is 15.3. The van der Waals surface area contributed by atoms with Crippen molar-refractivity contribution in [3.05, 3.63) is 96.1 Å². The Hall–Kier alpha value is -2.48. The second kappa shape index (κ2) is 4.13. The Morgan fingerprint density at radius 2 is 0.833 bits per heavy atom. The number of azo groups is 1. The van der Waals surface area contributed by atoms with Crippen molar-refractivity contribution in [3.8, 4) is 0 Å². The first-order valence-corrected chi connectivity index (χ1v) is 8.79. The Labute approximate surface area is 141 Å². The molecule has 0 radical (unpaired) electrons. The maximum Gasteiger partial charge on any atom is 0.120 e. The van der Waals surface area contributed by atoms with Crippen LogP contribution < -0.4 is 0 Å². The summed E-state index contributed by atoms with van der Waals surface area (Å²) in [5.74, 6) is 1.79. The van der Waals surface area contributed by atoms with Crippen LogP contribution in [-0.2, 0) is 11.1 Å². The van der Waals surface area contributed by atoms with Gasteiger partial charge in [0, 0.05) is 23.7 Å². The quantitative estimate of drug-likeness (QED) is 0.708. The van der Waals surface area contributed by atoms with Crippen molar-refractivity contribution in [2.75, 3.05) is 0 Å². The van der Waals surface area contributed by atoms with E-state index in [2.05, 4.69) is 85.0 Å². The number of rotatable bonds is 2. The van der Waals surface area contributed by atoms with Crippen molar-refractivity contribution in [2.24, 2.45) is 33.9 Å². The molecule has 6 atom stereocenters. The van der Waals surface area contributed by atoms with Gasteiger partial charge in [-0.3, -0.25) is 0 Å². The molecule has 2 bridgehead atoms. The highest BCUT2D eigenvalue weighted by molar-refractivity contribution is 5.49. The topological polar surface area (TPSA) is 24.7 Å². The second-order valence-corrected chi connectivity index (χ2v) is 7.46. The summed E-state index contributed by atoms with van der Waals surface area (Å²) in [6, 6.07) is 21.6. The highest BCUT2D eigenvalue weighted by Crippen LogP contribution is 2.71. The fraction of sp³-hybridized carbons (Fsp3) is 0.273. The zero-order chi connectivity index (χ0) is 15.8. The van der Waals surface area contributed by atoms with Gasteiger partial charge in [0.2, 0.25) is 0 Å². The van der Waals surface area contributed by atoms with E-state index in [-0.39, 0.29) is 11.1 Å². The standard InChI is InChI=1S/C22H18N2/c1-3-7-15(8-4-1)21-17-11-13-19(17)22(24-23-21,20-14-12-18(20)21)16-9-5-2-6-10-16/h1-14,17-20H/t17-,18-,19-,20+,21?,22?/m0/s1. The largest absolute Gasteiger partial charge is 0.180 e. The Kier molecular flexibility index (Phi) is 2.22.